The number of nitrogens with zero attached hydrogens (tertiary/aromatic N) is 2. The van der Waals surface area contributed by atoms with Crippen molar-refractivity contribution in [1.29, 1.82) is 0 Å². The Morgan fingerprint density at radius 1 is 0.632 bits per heavy atom. The van der Waals surface area contributed by atoms with Crippen molar-refractivity contribution >= 4 is 43.2 Å². The van der Waals surface area contributed by atoms with E-state index < -0.39 is 0 Å². The van der Waals surface area contributed by atoms with E-state index in [1.54, 1.807) is 31.8 Å². The Morgan fingerprint density at radius 3 is 1.37 bits per heavy atom. The number of rotatable bonds is 6. The van der Waals surface area contributed by atoms with Crippen LogP contribution in [0.5, 0.6) is 0 Å². The summed E-state index contributed by atoms with van der Waals surface area (Å²) in [7, 11) is 9.35. The average molecular weight is 308 g/mol. The predicted molar refractivity (Wildman–Crippen MR) is 92.5 cm³/mol. The Kier molecular flexibility index (Phi) is 5.82. The molecule has 0 aromatic heterocycles. The normalized spacial score (nSPS) is 10.2. The van der Waals surface area contributed by atoms with Crippen molar-refractivity contribution in [3.63, 3.8) is 0 Å². The second-order valence-electron chi connectivity index (χ2n) is 3.88. The number of benzene rings is 2. The van der Waals surface area contributed by atoms with Gasteiger partial charge in [0, 0.05) is 57.3 Å². The molecule has 0 amide bonds. The second kappa shape index (κ2) is 7.62. The first-order valence-corrected chi connectivity index (χ1v) is 9.26. The highest BCUT2D eigenvalue weighted by atomic mass is 33.5. The van der Waals surface area contributed by atoms with E-state index in [0.29, 0.717) is 0 Å². The van der Waals surface area contributed by atoms with Gasteiger partial charge in [-0.2, -0.15) is 0 Å². The largest absolute Gasteiger partial charge is 0.310 e. The molecule has 0 aliphatic heterocycles. The van der Waals surface area contributed by atoms with Gasteiger partial charge < -0.3 is 8.61 Å². The zero-order valence-electron chi connectivity index (χ0n) is 10.9. The molecule has 2 nitrogen and oxygen atoms in total. The molecule has 0 radical (unpaired) electrons. The smallest absolute Gasteiger partial charge is 0.0474 e. The summed E-state index contributed by atoms with van der Waals surface area (Å²) in [5.74, 6) is 0. The van der Waals surface area contributed by atoms with Crippen molar-refractivity contribution in [2.75, 3.05) is 22.7 Å². The van der Waals surface area contributed by atoms with Gasteiger partial charge in [-0.3, -0.25) is 0 Å². The lowest BCUT2D eigenvalue weighted by Gasteiger charge is -2.19. The average Bonchev–Trinajstić information content (AvgIpc) is 2.49. The van der Waals surface area contributed by atoms with Crippen molar-refractivity contribution in [2.24, 2.45) is 0 Å². The first-order valence-electron chi connectivity index (χ1n) is 5.86. The van der Waals surface area contributed by atoms with E-state index in [9.17, 15) is 0 Å². The molecule has 0 spiro atoms. The summed E-state index contributed by atoms with van der Waals surface area (Å²) in [6, 6.07) is 20.7. The van der Waals surface area contributed by atoms with Gasteiger partial charge in [-0.15, -0.1) is 0 Å². The Labute approximate surface area is 126 Å². The maximum atomic E-state index is 2.16. The molecule has 100 valence electrons. The Hall–Kier alpha value is -0.910. The van der Waals surface area contributed by atoms with Crippen molar-refractivity contribution < 1.29 is 0 Å². The first-order chi connectivity index (χ1) is 9.27. The molecule has 2 aromatic carbocycles. The second-order valence-corrected chi connectivity index (χ2v) is 7.94. The van der Waals surface area contributed by atoms with Gasteiger partial charge in [-0.25, -0.2) is 0 Å². The molecule has 2 aromatic rings. The van der Waals surface area contributed by atoms with Gasteiger partial charge in [-0.1, -0.05) is 36.4 Å². The fourth-order valence-corrected chi connectivity index (χ4v) is 5.13. The number of anilines is 2. The molecule has 0 saturated carbocycles. The molecular weight excluding hydrogens is 292 g/mol. The highest BCUT2D eigenvalue weighted by Gasteiger charge is 2.05. The van der Waals surface area contributed by atoms with Crippen LogP contribution >= 0.6 is 31.8 Å². The summed E-state index contributed by atoms with van der Waals surface area (Å²) in [6.07, 6.45) is 0. The van der Waals surface area contributed by atoms with Crippen LogP contribution in [0.15, 0.2) is 60.7 Å². The van der Waals surface area contributed by atoms with E-state index in [1.807, 2.05) is 12.1 Å². The fourth-order valence-electron chi connectivity index (χ4n) is 1.47. The maximum absolute atomic E-state index is 2.16. The molecule has 0 atom stereocenters. The minimum absolute atomic E-state index is 1.21. The van der Waals surface area contributed by atoms with E-state index in [-0.39, 0.29) is 0 Å². The van der Waals surface area contributed by atoms with E-state index in [0.717, 1.165) is 0 Å². The van der Waals surface area contributed by atoms with Crippen LogP contribution in [0.4, 0.5) is 11.4 Å². The lowest BCUT2D eigenvalue weighted by molar-refractivity contribution is 1.37. The Bertz CT molecular complexity index is 433. The number of hydrogen-bond donors (Lipinski definition) is 0. The molecule has 19 heavy (non-hydrogen) atoms. The molecule has 0 saturated heterocycles. The van der Waals surface area contributed by atoms with E-state index >= 15 is 0 Å². The number of hydrogen-bond acceptors (Lipinski definition) is 5. The summed E-state index contributed by atoms with van der Waals surface area (Å²) < 4.78 is 4.33. The maximum Gasteiger partial charge on any atom is 0.0474 e. The van der Waals surface area contributed by atoms with Gasteiger partial charge in [0.05, 0.1) is 0 Å². The third-order valence-electron chi connectivity index (χ3n) is 2.52. The molecule has 0 fully saturated rings. The lowest BCUT2D eigenvalue weighted by Crippen LogP contribution is -2.06. The minimum atomic E-state index is 1.21. The third kappa shape index (κ3) is 4.60. The van der Waals surface area contributed by atoms with Crippen molar-refractivity contribution in [3.8, 4) is 0 Å². The van der Waals surface area contributed by atoms with Gasteiger partial charge in [0.1, 0.15) is 0 Å². The van der Waals surface area contributed by atoms with Gasteiger partial charge in [0.15, 0.2) is 0 Å². The standard InChI is InChI=1S/C14H16N2S3/c1-15(13-9-5-3-6-10-13)17-19-18-16(2)14-11-7-4-8-12-14/h3-12H,1-2H3. The SMILES string of the molecule is CN(SSSN(C)c1ccccc1)c1ccccc1. The monoisotopic (exact) mass is 308 g/mol. The summed E-state index contributed by atoms with van der Waals surface area (Å²) >= 11 is 0. The molecule has 5 heteroatoms. The summed E-state index contributed by atoms with van der Waals surface area (Å²) in [5, 5.41) is 0. The molecule has 0 N–H and O–H groups in total. The first kappa shape index (κ1) is 14.5. The summed E-state index contributed by atoms with van der Waals surface area (Å²) in [4.78, 5) is 0. The molecule has 0 aliphatic carbocycles. The van der Waals surface area contributed by atoms with Crippen LogP contribution in [-0.4, -0.2) is 14.1 Å². The van der Waals surface area contributed by atoms with E-state index in [4.69, 9.17) is 0 Å². The van der Waals surface area contributed by atoms with E-state index in [2.05, 4.69) is 71.2 Å². The molecular formula is C14H16N2S3. The van der Waals surface area contributed by atoms with Crippen LogP contribution in [0.1, 0.15) is 0 Å². The Balaban J connectivity index is 1.78. The minimum Gasteiger partial charge on any atom is -0.310 e. The quantitative estimate of drug-likeness (QED) is 0.538. The molecule has 2 rings (SSSR count). The van der Waals surface area contributed by atoms with Crippen LogP contribution < -0.4 is 8.61 Å². The van der Waals surface area contributed by atoms with Crippen LogP contribution in [0, 0.1) is 0 Å². The number of para-hydroxylation sites is 2. The zero-order valence-corrected chi connectivity index (χ0v) is 13.3. The highest BCUT2D eigenvalue weighted by Crippen LogP contribution is 2.41. The molecule has 0 bridgehead atoms. The van der Waals surface area contributed by atoms with Crippen molar-refractivity contribution in [1.82, 2.24) is 0 Å². The van der Waals surface area contributed by atoms with Crippen LogP contribution in [0.25, 0.3) is 0 Å². The zero-order chi connectivity index (χ0) is 13.5. The highest BCUT2D eigenvalue weighted by molar-refractivity contribution is 9.09. The fraction of sp³-hybridized carbons (Fsp3) is 0.143. The summed E-state index contributed by atoms with van der Waals surface area (Å²) in [6.45, 7) is 0. The van der Waals surface area contributed by atoms with Crippen LogP contribution in [0.2, 0.25) is 0 Å². The van der Waals surface area contributed by atoms with Gasteiger partial charge in [0.25, 0.3) is 0 Å². The van der Waals surface area contributed by atoms with Crippen molar-refractivity contribution in [3.05, 3.63) is 60.7 Å². The Morgan fingerprint density at radius 2 is 1.00 bits per heavy atom. The van der Waals surface area contributed by atoms with Gasteiger partial charge in [-0.05, 0) is 24.3 Å². The van der Waals surface area contributed by atoms with Crippen LogP contribution in [-0.2, 0) is 0 Å². The van der Waals surface area contributed by atoms with Crippen LogP contribution in [0.3, 0.4) is 0 Å². The van der Waals surface area contributed by atoms with Gasteiger partial charge in [0.2, 0.25) is 0 Å². The predicted octanol–water partition coefficient (Wildman–Crippen LogP) is 5.12. The molecule has 0 aliphatic rings. The topological polar surface area (TPSA) is 6.48 Å². The summed E-state index contributed by atoms with van der Waals surface area (Å²) in [5.41, 5.74) is 2.42. The van der Waals surface area contributed by atoms with E-state index in [1.165, 1.54) is 11.4 Å². The molecule has 0 heterocycles. The van der Waals surface area contributed by atoms with Crippen molar-refractivity contribution in [2.45, 2.75) is 0 Å². The van der Waals surface area contributed by atoms with Gasteiger partial charge >= 0.3 is 0 Å². The third-order valence-corrected chi connectivity index (χ3v) is 6.32. The lowest BCUT2D eigenvalue weighted by atomic mass is 10.3. The molecule has 0 unspecified atom stereocenters.